The molecule has 4 atom stereocenters. The molecule has 0 bridgehead atoms. The van der Waals surface area contributed by atoms with Crippen molar-refractivity contribution in [1.29, 1.82) is 0 Å². The number of aliphatic hydroxyl groups excluding tert-OH is 1. The third kappa shape index (κ3) is 2.08. The van der Waals surface area contributed by atoms with E-state index in [1.807, 2.05) is 0 Å². The van der Waals surface area contributed by atoms with Crippen LogP contribution in [-0.4, -0.2) is 50.6 Å². The molecule has 2 fully saturated rings. The molecule has 0 amide bonds. The minimum Gasteiger partial charge on any atom is -0.394 e. The van der Waals surface area contributed by atoms with Crippen molar-refractivity contribution in [1.82, 2.24) is 14.8 Å². The summed E-state index contributed by atoms with van der Waals surface area (Å²) in [7, 11) is 0. The van der Waals surface area contributed by atoms with Gasteiger partial charge in [0.2, 0.25) is 0 Å². The molecule has 0 aliphatic carbocycles. The molecule has 0 unspecified atom stereocenters. The minimum absolute atomic E-state index is 0.269. The molecule has 9 heteroatoms. The zero-order valence-corrected chi connectivity index (χ0v) is 11.0. The van der Waals surface area contributed by atoms with E-state index in [0.29, 0.717) is 0 Å². The molecule has 0 aromatic carbocycles. The van der Waals surface area contributed by atoms with Gasteiger partial charge in [0.05, 0.1) is 6.61 Å². The zero-order valence-electron chi connectivity index (χ0n) is 11.0. The average molecular weight is 285 g/mol. The maximum absolute atomic E-state index is 11.8. The Morgan fingerprint density at radius 3 is 2.75 bits per heavy atom. The summed E-state index contributed by atoms with van der Waals surface area (Å²) < 4.78 is 17.9. The molecule has 20 heavy (non-hydrogen) atoms. The number of aromatic nitrogens is 3. The highest BCUT2D eigenvalue weighted by Gasteiger charge is 2.56. The van der Waals surface area contributed by atoms with Crippen LogP contribution >= 0.6 is 0 Å². The molecule has 9 nitrogen and oxygen atoms in total. The molecule has 2 aliphatic rings. The first-order chi connectivity index (χ1) is 9.41. The standard InChI is InChI=1S/C11H15N3O6/c1-11(2)19-7-5(4-15)18-9(8(7)20-11)14-10(17)13-6(16)3-12-14/h3,5,7-9,15H,4H2,1-2H3,(H,13,16,17)/t5-,7-,8-,9-/m0/s1. The van der Waals surface area contributed by atoms with Crippen LogP contribution in [0.4, 0.5) is 0 Å². The van der Waals surface area contributed by atoms with E-state index in [1.165, 1.54) is 0 Å². The molecule has 1 aromatic heterocycles. The van der Waals surface area contributed by atoms with Crippen LogP contribution in [0.1, 0.15) is 20.1 Å². The molecule has 0 saturated carbocycles. The van der Waals surface area contributed by atoms with Gasteiger partial charge in [-0.15, -0.1) is 0 Å². The Labute approximate surface area is 113 Å². The van der Waals surface area contributed by atoms with Crippen molar-refractivity contribution in [2.75, 3.05) is 6.61 Å². The molecule has 2 saturated heterocycles. The number of hydrogen-bond donors (Lipinski definition) is 2. The van der Waals surface area contributed by atoms with Crippen LogP contribution in [0.25, 0.3) is 0 Å². The van der Waals surface area contributed by atoms with Crippen molar-refractivity contribution in [3.63, 3.8) is 0 Å². The molecule has 2 N–H and O–H groups in total. The van der Waals surface area contributed by atoms with Crippen LogP contribution in [0, 0.1) is 0 Å². The van der Waals surface area contributed by atoms with Crippen LogP contribution in [0.5, 0.6) is 0 Å². The van der Waals surface area contributed by atoms with Crippen LogP contribution in [0.15, 0.2) is 15.8 Å². The Morgan fingerprint density at radius 1 is 1.40 bits per heavy atom. The summed E-state index contributed by atoms with van der Waals surface area (Å²) in [6.07, 6.45) is -1.58. The molecular weight excluding hydrogens is 270 g/mol. The molecule has 110 valence electrons. The number of H-pyrrole nitrogens is 1. The van der Waals surface area contributed by atoms with Gasteiger partial charge in [0, 0.05) is 0 Å². The Hall–Kier alpha value is -1.55. The van der Waals surface area contributed by atoms with E-state index in [1.54, 1.807) is 13.8 Å². The number of nitrogens with one attached hydrogen (secondary N) is 1. The summed E-state index contributed by atoms with van der Waals surface area (Å²) in [5.74, 6) is -0.837. The third-order valence-electron chi connectivity index (χ3n) is 3.28. The van der Waals surface area contributed by atoms with E-state index in [4.69, 9.17) is 14.2 Å². The lowest BCUT2D eigenvalue weighted by molar-refractivity contribution is -0.202. The molecule has 3 rings (SSSR count). The van der Waals surface area contributed by atoms with E-state index in [2.05, 4.69) is 10.1 Å². The average Bonchev–Trinajstić information content (AvgIpc) is 2.83. The molecular formula is C11H15N3O6. The first kappa shape index (κ1) is 13.4. The van der Waals surface area contributed by atoms with Gasteiger partial charge in [-0.05, 0) is 13.8 Å². The van der Waals surface area contributed by atoms with Gasteiger partial charge in [0.1, 0.15) is 24.5 Å². The summed E-state index contributed by atoms with van der Waals surface area (Å²) in [6.45, 7) is 3.20. The second-order valence-electron chi connectivity index (χ2n) is 5.20. The summed E-state index contributed by atoms with van der Waals surface area (Å²) in [5.41, 5.74) is -1.29. The van der Waals surface area contributed by atoms with Crippen molar-refractivity contribution in [3.8, 4) is 0 Å². The van der Waals surface area contributed by atoms with Crippen molar-refractivity contribution >= 4 is 0 Å². The van der Waals surface area contributed by atoms with Crippen LogP contribution < -0.4 is 11.2 Å². The van der Waals surface area contributed by atoms with Crippen molar-refractivity contribution < 1.29 is 19.3 Å². The van der Waals surface area contributed by atoms with Gasteiger partial charge in [-0.25, -0.2) is 4.79 Å². The van der Waals surface area contributed by atoms with Gasteiger partial charge in [-0.1, -0.05) is 0 Å². The highest BCUT2D eigenvalue weighted by molar-refractivity contribution is 4.96. The maximum atomic E-state index is 11.8. The Balaban J connectivity index is 1.98. The monoisotopic (exact) mass is 285 g/mol. The maximum Gasteiger partial charge on any atom is 0.347 e. The lowest BCUT2D eigenvalue weighted by atomic mass is 10.1. The molecule has 1 aromatic rings. The fourth-order valence-electron chi connectivity index (χ4n) is 2.55. The first-order valence-corrected chi connectivity index (χ1v) is 6.21. The fourth-order valence-corrected chi connectivity index (χ4v) is 2.55. The van der Waals surface area contributed by atoms with Gasteiger partial charge in [-0.2, -0.15) is 9.78 Å². The number of rotatable bonds is 2. The largest absolute Gasteiger partial charge is 0.394 e. The number of aromatic amines is 1. The second-order valence-corrected chi connectivity index (χ2v) is 5.20. The highest BCUT2D eigenvalue weighted by atomic mass is 16.8. The number of ether oxygens (including phenoxy) is 3. The number of hydrogen-bond acceptors (Lipinski definition) is 7. The number of fused-ring (bicyclic) bond motifs is 1. The summed E-state index contributed by atoms with van der Waals surface area (Å²) >= 11 is 0. The van der Waals surface area contributed by atoms with E-state index >= 15 is 0 Å². The predicted octanol–water partition coefficient (Wildman–Crippen LogP) is -1.66. The van der Waals surface area contributed by atoms with Gasteiger partial charge >= 0.3 is 5.69 Å². The van der Waals surface area contributed by atoms with E-state index in [9.17, 15) is 14.7 Å². The van der Waals surface area contributed by atoms with Crippen LogP contribution in [0.3, 0.4) is 0 Å². The molecule has 0 spiro atoms. The predicted molar refractivity (Wildman–Crippen MR) is 63.9 cm³/mol. The highest BCUT2D eigenvalue weighted by Crippen LogP contribution is 2.41. The Morgan fingerprint density at radius 2 is 2.10 bits per heavy atom. The van der Waals surface area contributed by atoms with Crippen LogP contribution in [0.2, 0.25) is 0 Å². The first-order valence-electron chi connectivity index (χ1n) is 6.21. The van der Waals surface area contributed by atoms with E-state index in [-0.39, 0.29) is 6.61 Å². The summed E-state index contributed by atoms with van der Waals surface area (Å²) in [6, 6.07) is 0. The molecule has 2 aliphatic heterocycles. The van der Waals surface area contributed by atoms with E-state index < -0.39 is 41.6 Å². The normalized spacial score (nSPS) is 35.1. The fraction of sp³-hybridized carbons (Fsp3) is 0.727. The van der Waals surface area contributed by atoms with Crippen molar-refractivity contribution in [2.45, 2.75) is 44.2 Å². The number of aliphatic hydroxyl groups is 1. The van der Waals surface area contributed by atoms with Crippen LogP contribution in [-0.2, 0) is 14.2 Å². The van der Waals surface area contributed by atoms with Crippen molar-refractivity contribution in [2.24, 2.45) is 0 Å². The van der Waals surface area contributed by atoms with E-state index in [0.717, 1.165) is 10.9 Å². The second kappa shape index (κ2) is 4.48. The smallest absolute Gasteiger partial charge is 0.347 e. The van der Waals surface area contributed by atoms with Crippen molar-refractivity contribution in [3.05, 3.63) is 27.0 Å². The zero-order chi connectivity index (χ0) is 14.5. The van der Waals surface area contributed by atoms with Gasteiger partial charge in [-0.3, -0.25) is 9.78 Å². The molecule has 3 heterocycles. The Kier molecular flexibility index (Phi) is 3.01. The molecule has 0 radical (unpaired) electrons. The lowest BCUT2D eigenvalue weighted by Crippen LogP contribution is -2.39. The topological polar surface area (TPSA) is 116 Å². The Bertz CT molecular complexity index is 623. The van der Waals surface area contributed by atoms with Gasteiger partial charge in [0.25, 0.3) is 5.56 Å². The summed E-state index contributed by atoms with van der Waals surface area (Å²) in [5, 5.41) is 13.1. The number of nitrogens with zero attached hydrogens (tertiary/aromatic N) is 2. The lowest BCUT2D eigenvalue weighted by Gasteiger charge is -2.23. The quantitative estimate of drug-likeness (QED) is 0.668. The summed E-state index contributed by atoms with van der Waals surface area (Å²) in [4.78, 5) is 24.9. The third-order valence-corrected chi connectivity index (χ3v) is 3.28. The minimum atomic E-state index is -0.858. The SMILES string of the molecule is CC1(C)O[C@@H]2[C@H](O1)[C@@H](n1ncc(=O)[nH]c1=O)O[C@H]2CO. The van der Waals surface area contributed by atoms with Gasteiger partial charge < -0.3 is 19.3 Å². The van der Waals surface area contributed by atoms with Gasteiger partial charge in [0.15, 0.2) is 12.0 Å².